The highest BCUT2D eigenvalue weighted by molar-refractivity contribution is 6.16. The smallest absolute Gasteiger partial charge is 0.103 e. The van der Waals surface area contributed by atoms with Crippen LogP contribution in [0.4, 0.5) is 0 Å². The Kier molecular flexibility index (Phi) is 8.76. The zero-order valence-electron chi connectivity index (χ0n) is 40.5. The molecule has 0 bridgehead atoms. The van der Waals surface area contributed by atoms with Crippen LogP contribution in [-0.4, -0.2) is 18.3 Å². The predicted molar refractivity (Wildman–Crippen MR) is 291 cm³/mol. The Morgan fingerprint density at radius 1 is 0.243 bits per heavy atom. The molecule has 13 rings (SSSR count). The third-order valence-electron chi connectivity index (χ3n) is 14.8. The summed E-state index contributed by atoms with van der Waals surface area (Å²) in [6.45, 7) is 17.1. The molecule has 6 heteroatoms. The molecular weight excluding hydrogens is 853 g/mol. The molecule has 0 unspecified atom stereocenters. The van der Waals surface area contributed by atoms with E-state index in [4.69, 9.17) is 0 Å². The number of fused-ring (bicyclic) bond motifs is 12. The van der Waals surface area contributed by atoms with E-state index in [-0.39, 0.29) is 0 Å². The van der Waals surface area contributed by atoms with Crippen molar-refractivity contribution in [1.82, 2.24) is 18.3 Å². The molecule has 0 saturated carbocycles. The first kappa shape index (κ1) is 41.4. The van der Waals surface area contributed by atoms with Gasteiger partial charge in [-0.3, -0.25) is 0 Å². The fraction of sp³-hybridized carbons (Fsp3) is 0.125. The minimum Gasteiger partial charge on any atom is -0.306 e. The van der Waals surface area contributed by atoms with Crippen molar-refractivity contribution in [1.29, 1.82) is 10.5 Å². The number of nitriles is 2. The largest absolute Gasteiger partial charge is 0.306 e. The van der Waals surface area contributed by atoms with Crippen molar-refractivity contribution in [2.45, 2.75) is 55.4 Å². The van der Waals surface area contributed by atoms with Crippen molar-refractivity contribution < 1.29 is 0 Å². The molecule has 70 heavy (non-hydrogen) atoms. The molecule has 6 nitrogen and oxygen atoms in total. The van der Waals surface area contributed by atoms with Gasteiger partial charge in [0.05, 0.1) is 78.0 Å². The van der Waals surface area contributed by atoms with Crippen LogP contribution >= 0.6 is 0 Å². The normalized spacial score (nSPS) is 12.0. The molecule has 4 heterocycles. The minimum absolute atomic E-state index is 0.298. The maximum Gasteiger partial charge on any atom is 0.103 e. The van der Waals surface area contributed by atoms with Crippen molar-refractivity contribution in [3.63, 3.8) is 0 Å². The SMILES string of the molecule is Cc1ccc2c(c1)c1cc(C)ccc1n2-c1c(C#N)c(C#N)c(-n2c3ccc(C)cc3c3cc(C)ccc32)c(-n2c3ccc(C)cc3c3cc(C)ccc32)c1-n1c2ccc(C)cc2c2cc(C)ccc21. The van der Waals surface area contributed by atoms with E-state index in [1.165, 1.54) is 0 Å². The molecule has 4 aromatic heterocycles. The Labute approximate surface area is 405 Å². The lowest BCUT2D eigenvalue weighted by atomic mass is 9.98. The van der Waals surface area contributed by atoms with Crippen molar-refractivity contribution in [2.75, 3.05) is 0 Å². The number of benzene rings is 9. The summed E-state index contributed by atoms with van der Waals surface area (Å²) in [4.78, 5) is 0. The number of hydrogen-bond donors (Lipinski definition) is 0. The zero-order chi connectivity index (χ0) is 48.0. The second-order valence-corrected chi connectivity index (χ2v) is 19.9. The first-order chi connectivity index (χ1) is 33.9. The highest BCUT2D eigenvalue weighted by Gasteiger charge is 2.35. The lowest BCUT2D eigenvalue weighted by Gasteiger charge is -2.28. The standard InChI is InChI=1S/C64H48N6/c1-35-9-17-53-43(25-35)44-26-36(2)10-18-54(44)67(53)61-51(33-65)52(34-66)62(68-55-19-11-37(3)27-45(55)46-28-38(4)12-20-56(46)68)64(70-59-23-15-41(7)31-49(59)50-32-42(8)16-24-60(50)70)63(61)69-57-21-13-39(5)29-47(57)48-30-40(6)14-22-58(48)69/h9-32H,1-8H3. The van der Waals surface area contributed by atoms with E-state index in [2.05, 4.69) is 231 Å². The van der Waals surface area contributed by atoms with Crippen LogP contribution in [0.3, 0.4) is 0 Å². The average Bonchev–Trinajstić information content (AvgIpc) is 4.03. The van der Waals surface area contributed by atoms with Crippen LogP contribution in [0.2, 0.25) is 0 Å². The summed E-state index contributed by atoms with van der Waals surface area (Å²) in [5.41, 5.74) is 20.5. The first-order valence-corrected chi connectivity index (χ1v) is 24.0. The van der Waals surface area contributed by atoms with Crippen molar-refractivity contribution in [2.24, 2.45) is 0 Å². The second kappa shape index (κ2) is 14.8. The van der Waals surface area contributed by atoms with Gasteiger partial charge in [0, 0.05) is 43.1 Å². The van der Waals surface area contributed by atoms with Crippen molar-refractivity contribution in [3.05, 3.63) is 201 Å². The van der Waals surface area contributed by atoms with Gasteiger partial charge in [0.25, 0.3) is 0 Å². The van der Waals surface area contributed by atoms with Crippen LogP contribution < -0.4 is 0 Å². The Morgan fingerprint density at radius 2 is 0.400 bits per heavy atom. The van der Waals surface area contributed by atoms with Gasteiger partial charge < -0.3 is 18.3 Å². The number of aromatic nitrogens is 4. The van der Waals surface area contributed by atoms with Crippen LogP contribution in [0.25, 0.3) is 110 Å². The Balaban J connectivity index is 1.41. The summed E-state index contributed by atoms with van der Waals surface area (Å²) in [7, 11) is 0. The summed E-state index contributed by atoms with van der Waals surface area (Å²) in [6, 6.07) is 58.8. The fourth-order valence-corrected chi connectivity index (χ4v) is 11.7. The van der Waals surface area contributed by atoms with Crippen LogP contribution in [-0.2, 0) is 0 Å². The van der Waals surface area contributed by atoms with Crippen molar-refractivity contribution >= 4 is 87.2 Å². The van der Waals surface area contributed by atoms with E-state index >= 15 is 0 Å². The van der Waals surface area contributed by atoms with Crippen molar-refractivity contribution in [3.8, 4) is 34.9 Å². The highest BCUT2D eigenvalue weighted by atomic mass is 15.1. The summed E-state index contributed by atoms with van der Waals surface area (Å²) >= 11 is 0. The monoisotopic (exact) mass is 900 g/mol. The molecule has 9 aromatic carbocycles. The molecular formula is C64H48N6. The van der Waals surface area contributed by atoms with Gasteiger partial charge in [-0.15, -0.1) is 0 Å². The second-order valence-electron chi connectivity index (χ2n) is 19.9. The van der Waals surface area contributed by atoms with Gasteiger partial charge >= 0.3 is 0 Å². The van der Waals surface area contributed by atoms with Crippen LogP contribution in [0.15, 0.2) is 146 Å². The summed E-state index contributed by atoms with van der Waals surface area (Å²) < 4.78 is 9.38. The van der Waals surface area contributed by atoms with Gasteiger partial charge in [0.15, 0.2) is 0 Å². The predicted octanol–water partition coefficient (Wildman–Crippen LogP) is 16.3. The fourth-order valence-electron chi connectivity index (χ4n) is 11.7. The number of aryl methyl sites for hydroxylation is 8. The molecule has 0 radical (unpaired) electrons. The number of hydrogen-bond acceptors (Lipinski definition) is 2. The first-order valence-electron chi connectivity index (χ1n) is 24.0. The van der Waals surface area contributed by atoms with Gasteiger partial charge in [-0.1, -0.05) is 93.0 Å². The zero-order valence-corrected chi connectivity index (χ0v) is 40.5. The maximum absolute atomic E-state index is 12.2. The molecule has 0 aliphatic carbocycles. The van der Waals surface area contributed by atoms with E-state index in [9.17, 15) is 10.5 Å². The van der Waals surface area contributed by atoms with Gasteiger partial charge in [-0.05, 0) is 152 Å². The number of nitrogens with zero attached hydrogens (tertiary/aromatic N) is 6. The molecule has 0 atom stereocenters. The van der Waals surface area contributed by atoms with Gasteiger partial charge in [-0.2, -0.15) is 10.5 Å². The quantitative estimate of drug-likeness (QED) is 0.177. The van der Waals surface area contributed by atoms with E-state index < -0.39 is 0 Å². The summed E-state index contributed by atoms with van der Waals surface area (Å²) in [5, 5.41) is 33.2. The van der Waals surface area contributed by atoms with E-state index in [1.807, 2.05) is 0 Å². The summed E-state index contributed by atoms with van der Waals surface area (Å²) in [5.74, 6) is 0. The van der Waals surface area contributed by atoms with E-state index in [0.717, 1.165) is 143 Å². The Morgan fingerprint density at radius 3 is 0.557 bits per heavy atom. The topological polar surface area (TPSA) is 67.3 Å². The maximum atomic E-state index is 12.2. The minimum atomic E-state index is 0.298. The molecule has 0 fully saturated rings. The van der Waals surface area contributed by atoms with Gasteiger partial charge in [0.2, 0.25) is 0 Å². The number of rotatable bonds is 4. The lowest BCUT2D eigenvalue weighted by Crippen LogP contribution is -2.17. The lowest BCUT2D eigenvalue weighted by molar-refractivity contribution is 1.01. The van der Waals surface area contributed by atoms with E-state index in [1.54, 1.807) is 0 Å². The molecule has 334 valence electrons. The molecule has 13 aromatic rings. The van der Waals surface area contributed by atoms with Gasteiger partial charge in [-0.25, -0.2) is 0 Å². The molecule has 0 aliphatic rings. The molecule has 0 saturated heterocycles. The molecule has 0 spiro atoms. The van der Waals surface area contributed by atoms with Crippen LogP contribution in [0.5, 0.6) is 0 Å². The van der Waals surface area contributed by atoms with Gasteiger partial charge in [0.1, 0.15) is 12.1 Å². The molecule has 0 amide bonds. The Hall–Kier alpha value is -8.84. The molecule has 0 N–H and O–H groups in total. The van der Waals surface area contributed by atoms with Crippen LogP contribution in [0, 0.1) is 78.1 Å². The average molecular weight is 901 g/mol. The highest BCUT2D eigenvalue weighted by Crippen LogP contribution is 2.50. The van der Waals surface area contributed by atoms with Crippen LogP contribution in [0.1, 0.15) is 55.6 Å². The third kappa shape index (κ3) is 5.71. The summed E-state index contributed by atoms with van der Waals surface area (Å²) in [6.07, 6.45) is 0. The third-order valence-corrected chi connectivity index (χ3v) is 14.8. The van der Waals surface area contributed by atoms with E-state index in [0.29, 0.717) is 22.5 Å². The Bertz CT molecular complexity index is 4050. The molecule has 0 aliphatic heterocycles.